The number of carbonyl (C=O) groups excluding carboxylic acids is 3. The average Bonchev–Trinajstić information content (AvgIpc) is 2.71. The predicted molar refractivity (Wildman–Crippen MR) is 124 cm³/mol. The van der Waals surface area contributed by atoms with E-state index >= 15 is 0 Å². The molecule has 12 nitrogen and oxygen atoms in total. The highest BCUT2D eigenvalue weighted by Gasteiger charge is 2.27. The quantitative estimate of drug-likeness (QED) is 0.0543. The number of carboxylic acids is 1. The van der Waals surface area contributed by atoms with Crippen molar-refractivity contribution in [3.05, 3.63) is 0 Å². The molecule has 10 N–H and O–H groups in total. The number of aliphatic imine (C=N–C) groups is 1. The molecule has 0 aromatic carbocycles. The molecule has 31 heavy (non-hydrogen) atoms. The van der Waals surface area contributed by atoms with Gasteiger partial charge in [0, 0.05) is 12.3 Å². The third-order valence-electron chi connectivity index (χ3n) is 4.09. The lowest BCUT2D eigenvalue weighted by Crippen LogP contribution is -2.56. The third-order valence-corrected chi connectivity index (χ3v) is 5.13. The minimum atomic E-state index is -1.22. The highest BCUT2D eigenvalue weighted by atomic mass is 32.2. The van der Waals surface area contributed by atoms with Crippen LogP contribution in [0.15, 0.2) is 4.99 Å². The van der Waals surface area contributed by atoms with Gasteiger partial charge >= 0.3 is 5.97 Å². The van der Waals surface area contributed by atoms with Gasteiger partial charge in [-0.05, 0) is 38.2 Å². The van der Waals surface area contributed by atoms with Crippen LogP contribution in [-0.2, 0) is 19.2 Å². The number of thioether (sulfide) groups is 1. The van der Waals surface area contributed by atoms with Gasteiger partial charge in [0.15, 0.2) is 5.96 Å². The van der Waals surface area contributed by atoms with Crippen LogP contribution in [0.25, 0.3) is 0 Å². The Hall–Kier alpha value is -2.19. The molecule has 3 amide bonds. The molecule has 0 aromatic heterocycles. The Bertz CT molecular complexity index is 646. The van der Waals surface area contributed by atoms with Gasteiger partial charge in [0.2, 0.25) is 17.7 Å². The van der Waals surface area contributed by atoms with Crippen molar-refractivity contribution in [2.75, 3.05) is 24.3 Å². The van der Waals surface area contributed by atoms with Crippen molar-refractivity contribution in [2.24, 2.45) is 22.2 Å². The SMILES string of the molecule is CSCCC(NC(=O)C(N)CS)C(=O)NC(C)C(=O)NC(CCCN=C(N)N)C(=O)O. The fourth-order valence-corrected chi connectivity index (χ4v) is 2.94. The Kier molecular flexibility index (Phi) is 14.5. The lowest BCUT2D eigenvalue weighted by molar-refractivity contribution is -0.142. The van der Waals surface area contributed by atoms with Crippen LogP contribution in [0.1, 0.15) is 26.2 Å². The van der Waals surface area contributed by atoms with Crippen LogP contribution < -0.4 is 33.2 Å². The van der Waals surface area contributed by atoms with Crippen molar-refractivity contribution >= 4 is 54.0 Å². The van der Waals surface area contributed by atoms with Crippen LogP contribution in [-0.4, -0.2) is 83.2 Å². The smallest absolute Gasteiger partial charge is 0.326 e. The van der Waals surface area contributed by atoms with E-state index in [-0.39, 0.29) is 24.7 Å². The lowest BCUT2D eigenvalue weighted by atomic mass is 10.1. The number of thiol groups is 1. The molecular formula is C17H33N7O5S2. The fourth-order valence-electron chi connectivity index (χ4n) is 2.30. The Morgan fingerprint density at radius 3 is 2.16 bits per heavy atom. The van der Waals surface area contributed by atoms with Gasteiger partial charge in [-0.3, -0.25) is 19.4 Å². The van der Waals surface area contributed by atoms with Crippen LogP contribution in [0, 0.1) is 0 Å². The van der Waals surface area contributed by atoms with Crippen LogP contribution in [0.4, 0.5) is 0 Å². The second kappa shape index (κ2) is 15.6. The number of amides is 3. The van der Waals surface area contributed by atoms with Gasteiger partial charge in [0.05, 0.1) is 6.04 Å². The maximum Gasteiger partial charge on any atom is 0.326 e. The summed E-state index contributed by atoms with van der Waals surface area (Å²) in [5, 5.41) is 16.7. The molecule has 0 fully saturated rings. The molecule has 0 aromatic rings. The Balaban J connectivity index is 4.91. The summed E-state index contributed by atoms with van der Waals surface area (Å²) >= 11 is 5.45. The number of guanidine groups is 1. The molecule has 0 radical (unpaired) electrons. The van der Waals surface area contributed by atoms with Crippen molar-refractivity contribution in [2.45, 2.75) is 50.4 Å². The fraction of sp³-hybridized carbons (Fsp3) is 0.706. The number of hydrogen-bond donors (Lipinski definition) is 8. The minimum Gasteiger partial charge on any atom is -0.480 e. The van der Waals surface area contributed by atoms with Crippen molar-refractivity contribution in [1.29, 1.82) is 0 Å². The molecule has 178 valence electrons. The number of nitrogens with two attached hydrogens (primary N) is 3. The largest absolute Gasteiger partial charge is 0.480 e. The zero-order valence-corrected chi connectivity index (χ0v) is 19.4. The summed E-state index contributed by atoms with van der Waals surface area (Å²) in [6, 6.07) is -3.96. The molecule has 0 aliphatic rings. The summed E-state index contributed by atoms with van der Waals surface area (Å²) in [7, 11) is 0. The first-order chi connectivity index (χ1) is 14.5. The first-order valence-electron chi connectivity index (χ1n) is 9.58. The molecule has 4 atom stereocenters. The second-order valence-electron chi connectivity index (χ2n) is 6.71. The van der Waals surface area contributed by atoms with Crippen molar-refractivity contribution in [3.8, 4) is 0 Å². The van der Waals surface area contributed by atoms with Gasteiger partial charge in [-0.25, -0.2) is 4.79 Å². The molecule has 0 heterocycles. The van der Waals surface area contributed by atoms with Crippen molar-refractivity contribution < 1.29 is 24.3 Å². The molecule has 0 saturated heterocycles. The number of nitrogens with zero attached hydrogens (tertiary/aromatic N) is 1. The lowest BCUT2D eigenvalue weighted by Gasteiger charge is -2.23. The first-order valence-corrected chi connectivity index (χ1v) is 11.6. The third kappa shape index (κ3) is 12.3. The number of carbonyl (C=O) groups is 4. The Labute approximate surface area is 191 Å². The standard InChI is InChI=1S/C17H33N7O5S2/c1-9(13(25)24-12(16(28)29)4-3-6-21-17(19)20)22-15(27)11(5-7-31-2)23-14(26)10(18)8-30/h9-12,30H,3-8,18H2,1-2H3,(H,22,27)(H,23,26)(H,24,25)(H,28,29)(H4,19,20,21). The van der Waals surface area contributed by atoms with Crippen LogP contribution in [0.3, 0.4) is 0 Å². The molecule has 0 aliphatic heterocycles. The Morgan fingerprint density at radius 2 is 1.65 bits per heavy atom. The predicted octanol–water partition coefficient (Wildman–Crippen LogP) is -2.39. The number of rotatable bonds is 15. The number of aliphatic carboxylic acids is 1. The van der Waals surface area contributed by atoms with Crippen LogP contribution >= 0.6 is 24.4 Å². The van der Waals surface area contributed by atoms with E-state index in [1.807, 2.05) is 6.26 Å². The summed E-state index contributed by atoms with van der Waals surface area (Å²) < 4.78 is 0. The average molecular weight is 480 g/mol. The van der Waals surface area contributed by atoms with E-state index in [0.29, 0.717) is 18.6 Å². The second-order valence-corrected chi connectivity index (χ2v) is 8.06. The van der Waals surface area contributed by atoms with Gasteiger partial charge in [-0.2, -0.15) is 24.4 Å². The van der Waals surface area contributed by atoms with Gasteiger partial charge < -0.3 is 38.3 Å². The molecule has 0 rings (SSSR count). The van der Waals surface area contributed by atoms with Gasteiger partial charge in [-0.1, -0.05) is 0 Å². The minimum absolute atomic E-state index is 0.104. The number of hydrogen-bond acceptors (Lipinski definition) is 8. The zero-order valence-electron chi connectivity index (χ0n) is 17.7. The normalized spacial score (nSPS) is 14.5. The molecule has 0 saturated carbocycles. The molecule has 0 bridgehead atoms. The van der Waals surface area contributed by atoms with Gasteiger partial charge in [0.25, 0.3) is 0 Å². The van der Waals surface area contributed by atoms with Crippen LogP contribution in [0.5, 0.6) is 0 Å². The molecule has 4 unspecified atom stereocenters. The molecule has 0 spiro atoms. The van der Waals surface area contributed by atoms with E-state index in [1.165, 1.54) is 18.7 Å². The highest BCUT2D eigenvalue weighted by Crippen LogP contribution is 2.04. The van der Waals surface area contributed by atoms with Gasteiger partial charge in [-0.15, -0.1) is 0 Å². The number of nitrogens with one attached hydrogen (secondary N) is 3. The van der Waals surface area contributed by atoms with Crippen LogP contribution in [0.2, 0.25) is 0 Å². The van der Waals surface area contributed by atoms with Gasteiger partial charge in [0.1, 0.15) is 18.1 Å². The summed E-state index contributed by atoms with van der Waals surface area (Å²) in [6.07, 6.45) is 2.62. The summed E-state index contributed by atoms with van der Waals surface area (Å²) in [5.41, 5.74) is 16.0. The maximum atomic E-state index is 12.6. The zero-order chi connectivity index (χ0) is 24.0. The monoisotopic (exact) mass is 479 g/mol. The summed E-state index contributed by atoms with van der Waals surface area (Å²) in [4.78, 5) is 52.1. The van der Waals surface area contributed by atoms with Crippen molar-refractivity contribution in [3.63, 3.8) is 0 Å². The first kappa shape index (κ1) is 28.8. The molecule has 14 heteroatoms. The van der Waals surface area contributed by atoms with E-state index in [4.69, 9.17) is 17.2 Å². The molecule has 0 aliphatic carbocycles. The summed E-state index contributed by atoms with van der Waals surface area (Å²) in [5.74, 6) is -2.40. The van der Waals surface area contributed by atoms with E-state index in [1.54, 1.807) is 0 Å². The highest BCUT2D eigenvalue weighted by molar-refractivity contribution is 7.98. The van der Waals surface area contributed by atoms with E-state index in [0.717, 1.165) is 0 Å². The van der Waals surface area contributed by atoms with E-state index in [2.05, 4.69) is 33.6 Å². The van der Waals surface area contributed by atoms with Crippen molar-refractivity contribution in [1.82, 2.24) is 16.0 Å². The Morgan fingerprint density at radius 1 is 1.03 bits per heavy atom. The maximum absolute atomic E-state index is 12.6. The van der Waals surface area contributed by atoms with E-state index < -0.39 is 47.9 Å². The summed E-state index contributed by atoms with van der Waals surface area (Å²) in [6.45, 7) is 1.64. The molecular weight excluding hydrogens is 446 g/mol. The number of carboxylic acid groups (broad SMARTS) is 1. The van der Waals surface area contributed by atoms with E-state index in [9.17, 15) is 24.3 Å². The topological polar surface area (TPSA) is 215 Å².